The summed E-state index contributed by atoms with van der Waals surface area (Å²) in [4.78, 5) is 16.8. The van der Waals surface area contributed by atoms with Gasteiger partial charge in [0.2, 0.25) is 5.88 Å². The van der Waals surface area contributed by atoms with Gasteiger partial charge in [-0.3, -0.25) is 4.57 Å². The molecule has 32 heavy (non-hydrogen) atoms. The molecule has 0 spiro atoms. The lowest BCUT2D eigenvalue weighted by atomic mass is 10.2. The molecule has 1 atom stereocenters. The van der Waals surface area contributed by atoms with Crippen molar-refractivity contribution in [2.75, 3.05) is 13.4 Å². The Morgan fingerprint density at radius 3 is 2.62 bits per heavy atom. The van der Waals surface area contributed by atoms with Gasteiger partial charge in [-0.1, -0.05) is 0 Å². The summed E-state index contributed by atoms with van der Waals surface area (Å²) in [5.74, 6) is -0.928. The number of aromatic nitrogens is 1. The van der Waals surface area contributed by atoms with Crippen molar-refractivity contribution in [2.45, 2.75) is 4.21 Å². The van der Waals surface area contributed by atoms with E-state index in [2.05, 4.69) is 4.98 Å². The molecule has 170 valence electrons. The third-order valence-corrected chi connectivity index (χ3v) is 8.11. The van der Waals surface area contributed by atoms with Gasteiger partial charge in [-0.15, -0.1) is 11.3 Å². The minimum Gasteiger partial charge on any atom is -0.768 e. The SMILES string of the molecule is COc1ccc(-c2ccc(S(=O)(=O)NCP(=O)([O-])Oc3ccc(C#N)c(F)c3)s2)cn1.[NH4+]. The van der Waals surface area contributed by atoms with E-state index >= 15 is 0 Å². The van der Waals surface area contributed by atoms with Crippen molar-refractivity contribution in [1.29, 1.82) is 5.26 Å². The summed E-state index contributed by atoms with van der Waals surface area (Å²) in [6.07, 6.45) is 0.471. The van der Waals surface area contributed by atoms with E-state index in [1.807, 2.05) is 4.72 Å². The average Bonchev–Trinajstić information content (AvgIpc) is 3.24. The second-order valence-electron chi connectivity index (χ2n) is 5.97. The number of sulfonamides is 1. The van der Waals surface area contributed by atoms with Gasteiger partial charge in [0, 0.05) is 28.8 Å². The molecular formula is C18H18FN4O6PS2. The minimum atomic E-state index is -4.74. The van der Waals surface area contributed by atoms with Crippen LogP contribution >= 0.6 is 18.9 Å². The molecule has 14 heteroatoms. The third kappa shape index (κ3) is 6.10. The van der Waals surface area contributed by atoms with Crippen LogP contribution in [-0.4, -0.2) is 26.8 Å². The van der Waals surface area contributed by atoms with E-state index in [-0.39, 0.29) is 21.7 Å². The first-order valence-electron chi connectivity index (χ1n) is 8.43. The maximum absolute atomic E-state index is 13.6. The Hall–Kier alpha value is -2.85. The number of rotatable bonds is 8. The highest BCUT2D eigenvalue weighted by Crippen LogP contribution is 2.38. The number of nitrogens with one attached hydrogen (secondary N) is 1. The number of thiophene rings is 1. The van der Waals surface area contributed by atoms with Crippen LogP contribution < -0.4 is 25.0 Å². The molecule has 0 aliphatic heterocycles. The lowest BCUT2D eigenvalue weighted by Crippen LogP contribution is -2.28. The highest BCUT2D eigenvalue weighted by molar-refractivity contribution is 7.92. The second-order valence-corrected chi connectivity index (χ2v) is 10.8. The largest absolute Gasteiger partial charge is 0.768 e. The first-order chi connectivity index (χ1) is 14.6. The predicted octanol–water partition coefficient (Wildman–Crippen LogP) is 3.07. The van der Waals surface area contributed by atoms with Gasteiger partial charge in [-0.25, -0.2) is 22.5 Å². The van der Waals surface area contributed by atoms with Crippen molar-refractivity contribution < 1.29 is 31.5 Å². The van der Waals surface area contributed by atoms with Gasteiger partial charge >= 0.3 is 0 Å². The van der Waals surface area contributed by atoms with Crippen LogP contribution in [0.1, 0.15) is 5.56 Å². The summed E-state index contributed by atoms with van der Waals surface area (Å²) in [5, 5.41) is 8.69. The summed E-state index contributed by atoms with van der Waals surface area (Å²) < 4.78 is 62.2. The number of benzene rings is 1. The van der Waals surface area contributed by atoms with Crippen molar-refractivity contribution in [3.8, 4) is 28.1 Å². The Bertz CT molecular complexity index is 1290. The highest BCUT2D eigenvalue weighted by atomic mass is 32.2. The molecule has 0 fully saturated rings. The molecule has 5 N–H and O–H groups in total. The van der Waals surface area contributed by atoms with Gasteiger partial charge < -0.3 is 20.3 Å². The standard InChI is InChI=1S/C18H15FN3O6PS2.H3N/c1-27-17-6-3-13(10-21-17)16-5-7-18(30-16)31(25,26)22-11-29(23,24)28-14-4-2-12(9-20)15(19)8-14;/h2-8,10,22H,11H2,1H3,(H,23,24);1H3. The van der Waals surface area contributed by atoms with Crippen LogP contribution in [0.3, 0.4) is 0 Å². The lowest BCUT2D eigenvalue weighted by Gasteiger charge is -2.24. The highest BCUT2D eigenvalue weighted by Gasteiger charge is 2.21. The maximum Gasteiger partial charge on any atom is 0.250 e. The Kier molecular flexibility index (Phi) is 8.08. The predicted molar refractivity (Wildman–Crippen MR) is 115 cm³/mol. The second kappa shape index (κ2) is 10.2. The molecule has 0 aliphatic rings. The van der Waals surface area contributed by atoms with Crippen molar-refractivity contribution in [2.24, 2.45) is 0 Å². The Labute approximate surface area is 187 Å². The van der Waals surface area contributed by atoms with Crippen LogP contribution in [0, 0.1) is 17.1 Å². The summed E-state index contributed by atoms with van der Waals surface area (Å²) in [5.41, 5.74) is 0.377. The summed E-state index contributed by atoms with van der Waals surface area (Å²) in [6.45, 7) is 0. The number of ether oxygens (including phenoxy) is 1. The lowest BCUT2D eigenvalue weighted by molar-refractivity contribution is -0.191. The number of quaternary nitrogens is 1. The molecular weight excluding hydrogens is 482 g/mol. The molecule has 0 amide bonds. The number of pyridine rings is 1. The van der Waals surface area contributed by atoms with Gasteiger partial charge in [0.15, 0.2) is 7.60 Å². The molecule has 1 unspecified atom stereocenters. The normalized spacial score (nSPS) is 12.8. The van der Waals surface area contributed by atoms with Crippen LogP contribution in [0.2, 0.25) is 0 Å². The van der Waals surface area contributed by atoms with Gasteiger partial charge in [-0.2, -0.15) is 5.26 Å². The molecule has 10 nitrogen and oxygen atoms in total. The first-order valence-corrected chi connectivity index (χ1v) is 12.5. The van der Waals surface area contributed by atoms with Crippen molar-refractivity contribution in [3.63, 3.8) is 0 Å². The number of halogens is 1. The Balaban J connectivity index is 0.00000363. The molecule has 0 saturated carbocycles. The van der Waals surface area contributed by atoms with Gasteiger partial charge in [0.05, 0.1) is 19.0 Å². The van der Waals surface area contributed by atoms with E-state index in [1.54, 1.807) is 24.3 Å². The van der Waals surface area contributed by atoms with Crippen LogP contribution in [0.4, 0.5) is 4.39 Å². The van der Waals surface area contributed by atoms with E-state index in [0.29, 0.717) is 16.3 Å². The summed E-state index contributed by atoms with van der Waals surface area (Å²) >= 11 is 0.923. The van der Waals surface area contributed by atoms with Crippen LogP contribution in [0.5, 0.6) is 11.6 Å². The summed E-state index contributed by atoms with van der Waals surface area (Å²) in [7, 11) is -7.42. The van der Waals surface area contributed by atoms with E-state index in [9.17, 15) is 22.3 Å². The molecule has 2 heterocycles. The molecule has 3 rings (SSSR count). The number of methoxy groups -OCH3 is 1. The fraction of sp³-hybridized carbons (Fsp3) is 0.111. The fourth-order valence-corrected chi connectivity index (χ4v) is 6.15. The van der Waals surface area contributed by atoms with E-state index < -0.39 is 29.7 Å². The molecule has 3 aromatic rings. The topological polar surface area (TPSA) is 178 Å². The number of hydrogen-bond acceptors (Lipinski definition) is 9. The quantitative estimate of drug-likeness (QED) is 0.443. The zero-order chi connectivity index (χ0) is 22.6. The number of nitrogens with zero attached hydrogens (tertiary/aromatic N) is 2. The first kappa shape index (κ1) is 25.4. The zero-order valence-corrected chi connectivity index (χ0v) is 19.3. The zero-order valence-electron chi connectivity index (χ0n) is 16.8. The molecule has 0 bridgehead atoms. The van der Waals surface area contributed by atoms with Crippen molar-refractivity contribution >= 4 is 29.0 Å². The summed E-state index contributed by atoms with van der Waals surface area (Å²) in [6, 6.07) is 10.7. The average molecular weight is 500 g/mol. The maximum atomic E-state index is 13.6. The fourth-order valence-electron chi connectivity index (χ4n) is 2.34. The van der Waals surface area contributed by atoms with Crippen LogP contribution in [0.15, 0.2) is 52.9 Å². The van der Waals surface area contributed by atoms with E-state index in [0.717, 1.165) is 29.5 Å². The molecule has 0 radical (unpaired) electrons. The molecule has 0 saturated heterocycles. The minimum absolute atomic E-state index is 0. The van der Waals surface area contributed by atoms with Crippen molar-refractivity contribution in [3.05, 3.63) is 60.0 Å². The molecule has 2 aromatic heterocycles. The monoisotopic (exact) mass is 500 g/mol. The Morgan fingerprint density at radius 2 is 2.03 bits per heavy atom. The third-order valence-electron chi connectivity index (χ3n) is 3.83. The molecule has 1 aromatic carbocycles. The number of nitriles is 1. The Morgan fingerprint density at radius 1 is 1.28 bits per heavy atom. The number of hydrogen-bond donors (Lipinski definition) is 2. The van der Waals surface area contributed by atoms with E-state index in [1.165, 1.54) is 19.4 Å². The van der Waals surface area contributed by atoms with Gasteiger partial charge in [-0.05, 0) is 30.3 Å². The van der Waals surface area contributed by atoms with Crippen molar-refractivity contribution in [1.82, 2.24) is 15.9 Å². The molecule has 0 aliphatic carbocycles. The van der Waals surface area contributed by atoms with Gasteiger partial charge in [0.25, 0.3) is 10.0 Å². The van der Waals surface area contributed by atoms with E-state index in [4.69, 9.17) is 14.5 Å². The smallest absolute Gasteiger partial charge is 0.250 e. The van der Waals surface area contributed by atoms with Crippen LogP contribution in [0.25, 0.3) is 10.4 Å². The van der Waals surface area contributed by atoms with Crippen LogP contribution in [-0.2, 0) is 14.6 Å². The van der Waals surface area contributed by atoms with Gasteiger partial charge in [0.1, 0.15) is 21.8 Å².